The maximum atomic E-state index is 13.7. The highest BCUT2D eigenvalue weighted by Gasteiger charge is 2.39. The lowest BCUT2D eigenvalue weighted by atomic mass is 10.1. The van der Waals surface area contributed by atoms with Crippen molar-refractivity contribution in [2.24, 2.45) is 13.0 Å². The number of nitrogens with one attached hydrogen (secondary N) is 1. The molecular formula is C24H28F2N4OS. The third-order valence-corrected chi connectivity index (χ3v) is 6.74. The Morgan fingerprint density at radius 3 is 2.84 bits per heavy atom. The lowest BCUT2D eigenvalue weighted by Crippen LogP contribution is -2.19. The molecule has 170 valence electrons. The van der Waals surface area contributed by atoms with Crippen LogP contribution < -0.4 is 10.1 Å². The van der Waals surface area contributed by atoms with Crippen molar-refractivity contribution in [3.8, 4) is 17.1 Å². The number of alkyl halides is 1. The SMILES string of the molecule is Cn1c(SCCCNCC2CC2c2cc(F)ccc2OCCF)nnc1-c1ccccc1. The smallest absolute Gasteiger partial charge is 0.191 e. The van der Waals surface area contributed by atoms with Gasteiger partial charge in [0.1, 0.15) is 24.8 Å². The first kappa shape index (κ1) is 22.7. The van der Waals surface area contributed by atoms with E-state index in [9.17, 15) is 8.78 Å². The van der Waals surface area contributed by atoms with Crippen molar-refractivity contribution >= 4 is 11.8 Å². The molecule has 0 saturated heterocycles. The van der Waals surface area contributed by atoms with E-state index in [1.54, 1.807) is 17.8 Å². The molecule has 0 aliphatic heterocycles. The molecule has 1 aromatic heterocycles. The van der Waals surface area contributed by atoms with Crippen LogP contribution in [0, 0.1) is 11.7 Å². The topological polar surface area (TPSA) is 52.0 Å². The number of hydrogen-bond donors (Lipinski definition) is 1. The maximum absolute atomic E-state index is 13.7. The average molecular weight is 459 g/mol. The van der Waals surface area contributed by atoms with E-state index >= 15 is 0 Å². The van der Waals surface area contributed by atoms with Gasteiger partial charge in [-0.15, -0.1) is 10.2 Å². The number of rotatable bonds is 12. The Balaban J connectivity index is 1.17. The number of benzene rings is 2. The van der Waals surface area contributed by atoms with Crippen LogP contribution >= 0.6 is 11.8 Å². The van der Waals surface area contributed by atoms with Crippen LogP contribution in [0.1, 0.15) is 24.3 Å². The van der Waals surface area contributed by atoms with Crippen molar-refractivity contribution in [3.05, 3.63) is 59.9 Å². The van der Waals surface area contributed by atoms with Gasteiger partial charge >= 0.3 is 0 Å². The Bertz CT molecular complexity index is 1010. The number of nitrogens with zero attached hydrogens (tertiary/aromatic N) is 3. The van der Waals surface area contributed by atoms with Gasteiger partial charge in [0.2, 0.25) is 0 Å². The van der Waals surface area contributed by atoms with Gasteiger partial charge in [0.25, 0.3) is 0 Å². The Labute approximate surface area is 191 Å². The summed E-state index contributed by atoms with van der Waals surface area (Å²) in [5.74, 6) is 2.89. The van der Waals surface area contributed by atoms with Gasteiger partial charge in [-0.1, -0.05) is 42.1 Å². The van der Waals surface area contributed by atoms with Gasteiger partial charge < -0.3 is 14.6 Å². The predicted molar refractivity (Wildman–Crippen MR) is 123 cm³/mol. The molecule has 5 nitrogen and oxygen atoms in total. The van der Waals surface area contributed by atoms with Crippen LogP contribution in [0.5, 0.6) is 5.75 Å². The number of thioether (sulfide) groups is 1. The second kappa shape index (κ2) is 10.9. The zero-order chi connectivity index (χ0) is 22.3. The van der Waals surface area contributed by atoms with Crippen molar-refractivity contribution < 1.29 is 13.5 Å². The molecule has 0 radical (unpaired) electrons. The summed E-state index contributed by atoms with van der Waals surface area (Å²) in [5, 5.41) is 13.1. The monoisotopic (exact) mass is 458 g/mol. The summed E-state index contributed by atoms with van der Waals surface area (Å²) in [4.78, 5) is 0. The molecule has 32 heavy (non-hydrogen) atoms. The van der Waals surface area contributed by atoms with E-state index in [1.165, 1.54) is 12.1 Å². The van der Waals surface area contributed by atoms with E-state index in [0.29, 0.717) is 11.7 Å². The van der Waals surface area contributed by atoms with Crippen LogP contribution in [-0.4, -0.2) is 46.9 Å². The Hall–Kier alpha value is -2.45. The minimum absolute atomic E-state index is 0.00426. The van der Waals surface area contributed by atoms with Crippen molar-refractivity contribution in [3.63, 3.8) is 0 Å². The largest absolute Gasteiger partial charge is 0.491 e. The van der Waals surface area contributed by atoms with Gasteiger partial charge in [-0.25, -0.2) is 8.78 Å². The van der Waals surface area contributed by atoms with E-state index in [2.05, 4.69) is 15.5 Å². The van der Waals surface area contributed by atoms with Crippen LogP contribution in [0.4, 0.5) is 8.78 Å². The average Bonchev–Trinajstić information content (AvgIpc) is 3.49. The highest BCUT2D eigenvalue weighted by Crippen LogP contribution is 2.50. The van der Waals surface area contributed by atoms with Crippen LogP contribution in [0.25, 0.3) is 11.4 Å². The quantitative estimate of drug-likeness (QED) is 0.311. The van der Waals surface area contributed by atoms with Crippen molar-refractivity contribution in [1.29, 1.82) is 0 Å². The molecule has 1 N–H and O–H groups in total. The van der Waals surface area contributed by atoms with Crippen molar-refractivity contribution in [2.45, 2.75) is 23.9 Å². The second-order valence-electron chi connectivity index (χ2n) is 7.96. The molecule has 8 heteroatoms. The lowest BCUT2D eigenvalue weighted by molar-refractivity contribution is 0.270. The van der Waals surface area contributed by atoms with Gasteiger partial charge in [0.05, 0.1) is 0 Å². The number of aromatic nitrogens is 3. The summed E-state index contributed by atoms with van der Waals surface area (Å²) in [6.45, 7) is 1.25. The van der Waals surface area contributed by atoms with E-state index in [0.717, 1.165) is 53.8 Å². The number of halogens is 2. The molecule has 1 fully saturated rings. The lowest BCUT2D eigenvalue weighted by Gasteiger charge is -2.11. The van der Waals surface area contributed by atoms with E-state index < -0.39 is 6.67 Å². The highest BCUT2D eigenvalue weighted by atomic mass is 32.2. The van der Waals surface area contributed by atoms with Crippen LogP contribution in [0.15, 0.2) is 53.7 Å². The van der Waals surface area contributed by atoms with Gasteiger partial charge in [-0.3, -0.25) is 0 Å². The third-order valence-electron chi connectivity index (χ3n) is 5.63. The molecular weight excluding hydrogens is 430 g/mol. The fraction of sp³-hybridized carbons (Fsp3) is 0.417. The van der Waals surface area contributed by atoms with Gasteiger partial charge in [0.15, 0.2) is 11.0 Å². The van der Waals surface area contributed by atoms with Crippen LogP contribution in [0.2, 0.25) is 0 Å². The molecule has 2 aromatic carbocycles. The van der Waals surface area contributed by atoms with Crippen LogP contribution in [0.3, 0.4) is 0 Å². The first-order valence-electron chi connectivity index (χ1n) is 10.9. The molecule has 1 aliphatic carbocycles. The molecule has 1 heterocycles. The summed E-state index contributed by atoms with van der Waals surface area (Å²) in [6.07, 6.45) is 2.01. The molecule has 3 aromatic rings. The maximum Gasteiger partial charge on any atom is 0.191 e. The molecule has 2 unspecified atom stereocenters. The summed E-state index contributed by atoms with van der Waals surface area (Å²) in [7, 11) is 1.99. The fourth-order valence-corrected chi connectivity index (χ4v) is 4.72. The van der Waals surface area contributed by atoms with Gasteiger partial charge in [-0.2, -0.15) is 0 Å². The minimum Gasteiger partial charge on any atom is -0.491 e. The zero-order valence-corrected chi connectivity index (χ0v) is 19.0. The Kier molecular flexibility index (Phi) is 7.76. The summed E-state index contributed by atoms with van der Waals surface area (Å²) in [6, 6.07) is 14.6. The van der Waals surface area contributed by atoms with Crippen LogP contribution in [-0.2, 0) is 7.05 Å². The molecule has 4 rings (SSSR count). The van der Waals surface area contributed by atoms with E-state index in [-0.39, 0.29) is 18.3 Å². The number of hydrogen-bond acceptors (Lipinski definition) is 5. The normalized spacial score (nSPS) is 17.5. The fourth-order valence-electron chi connectivity index (χ4n) is 3.87. The first-order valence-corrected chi connectivity index (χ1v) is 11.9. The standard InChI is InChI=1S/C24H28F2N4OS/c1-30-23(17-6-3-2-4-7-17)28-29-24(30)32-13-5-11-27-16-18-14-20(18)21-15-19(26)8-9-22(21)31-12-10-25/h2-4,6-9,15,18,20,27H,5,10-14,16H2,1H3. The highest BCUT2D eigenvalue weighted by molar-refractivity contribution is 7.99. The molecule has 2 atom stereocenters. The summed E-state index contributed by atoms with van der Waals surface area (Å²) in [5.41, 5.74) is 1.92. The summed E-state index contributed by atoms with van der Waals surface area (Å²) < 4.78 is 33.6. The third kappa shape index (κ3) is 5.66. The summed E-state index contributed by atoms with van der Waals surface area (Å²) >= 11 is 1.71. The molecule has 0 amide bonds. The Morgan fingerprint density at radius 2 is 2.03 bits per heavy atom. The van der Waals surface area contributed by atoms with Crippen molar-refractivity contribution in [2.75, 3.05) is 32.1 Å². The van der Waals surface area contributed by atoms with E-state index in [1.807, 2.05) is 41.9 Å². The zero-order valence-electron chi connectivity index (χ0n) is 18.1. The van der Waals surface area contributed by atoms with Crippen molar-refractivity contribution in [1.82, 2.24) is 20.1 Å². The first-order chi connectivity index (χ1) is 15.7. The second-order valence-corrected chi connectivity index (χ2v) is 9.02. The Morgan fingerprint density at radius 1 is 1.19 bits per heavy atom. The van der Waals surface area contributed by atoms with Gasteiger partial charge in [-0.05, 0) is 56.0 Å². The van der Waals surface area contributed by atoms with E-state index in [4.69, 9.17) is 4.74 Å². The minimum atomic E-state index is -0.549. The molecule has 0 bridgehead atoms. The predicted octanol–water partition coefficient (Wildman–Crippen LogP) is 4.85. The molecule has 1 saturated carbocycles. The molecule has 1 aliphatic rings. The van der Waals surface area contributed by atoms with Gasteiger partial charge in [0, 0.05) is 23.9 Å². The molecule has 0 spiro atoms. The number of ether oxygens (including phenoxy) is 1.